The number of rotatable bonds is 10. The van der Waals surface area contributed by atoms with Crippen molar-refractivity contribution in [3.63, 3.8) is 0 Å². The summed E-state index contributed by atoms with van der Waals surface area (Å²) in [6, 6.07) is 6.73. The van der Waals surface area contributed by atoms with Gasteiger partial charge in [-0.3, -0.25) is 14.4 Å². The molecule has 7 N–H and O–H groups in total. The van der Waals surface area contributed by atoms with Crippen LogP contribution in [0.4, 0.5) is 0 Å². The van der Waals surface area contributed by atoms with E-state index in [-0.39, 0.29) is 19.3 Å². The van der Waals surface area contributed by atoms with E-state index < -0.39 is 41.3 Å². The summed E-state index contributed by atoms with van der Waals surface area (Å²) < 4.78 is 0. The van der Waals surface area contributed by atoms with E-state index in [1.807, 2.05) is 6.07 Å². The third-order valence-electron chi connectivity index (χ3n) is 4.44. The third-order valence-corrected chi connectivity index (χ3v) is 4.44. The Morgan fingerprint density at radius 1 is 1.07 bits per heavy atom. The smallest absolute Gasteiger partial charge is 0.326 e. The van der Waals surface area contributed by atoms with Gasteiger partial charge in [0.2, 0.25) is 17.7 Å². The van der Waals surface area contributed by atoms with E-state index in [0.29, 0.717) is 12.8 Å². The number of carbonyl (C=O) groups is 4. The fourth-order valence-electron chi connectivity index (χ4n) is 2.54. The Morgan fingerprint density at radius 3 is 2.22 bits per heavy atom. The standard InChI is InChI=1S/C18H24N4O5/c19-14(23)7-6-12(16(25)26)21-15(24)13(10-11-4-2-1-3-5-11)22-17(27)18(20)8-9-18/h1-5,12-13H,6-10,20H2,(H2,19,23)(H,21,24)(H,22,27)(H,25,26)/t12-,13-/m0/s1. The highest BCUT2D eigenvalue weighted by Gasteiger charge is 2.47. The molecule has 0 aliphatic heterocycles. The first-order valence-corrected chi connectivity index (χ1v) is 8.66. The molecule has 1 fully saturated rings. The van der Waals surface area contributed by atoms with Gasteiger partial charge in [-0.1, -0.05) is 30.3 Å². The number of primary amides is 1. The number of hydrogen-bond acceptors (Lipinski definition) is 5. The monoisotopic (exact) mass is 376 g/mol. The third kappa shape index (κ3) is 6.07. The molecule has 1 saturated carbocycles. The maximum atomic E-state index is 12.6. The predicted octanol–water partition coefficient (Wildman–Crippen LogP) is -0.960. The molecule has 0 heterocycles. The van der Waals surface area contributed by atoms with Crippen LogP contribution >= 0.6 is 0 Å². The lowest BCUT2D eigenvalue weighted by atomic mass is 10.0. The molecule has 1 aromatic rings. The average molecular weight is 376 g/mol. The van der Waals surface area contributed by atoms with Crippen molar-refractivity contribution in [2.45, 2.75) is 49.7 Å². The van der Waals surface area contributed by atoms with E-state index in [9.17, 15) is 24.3 Å². The number of carboxylic acid groups (broad SMARTS) is 1. The lowest BCUT2D eigenvalue weighted by molar-refractivity contribution is -0.142. The topological polar surface area (TPSA) is 165 Å². The lowest BCUT2D eigenvalue weighted by Gasteiger charge is -2.23. The van der Waals surface area contributed by atoms with E-state index in [4.69, 9.17) is 11.5 Å². The van der Waals surface area contributed by atoms with Crippen molar-refractivity contribution >= 4 is 23.7 Å². The molecule has 0 saturated heterocycles. The molecule has 2 atom stereocenters. The van der Waals surface area contributed by atoms with Crippen molar-refractivity contribution in [3.05, 3.63) is 35.9 Å². The minimum Gasteiger partial charge on any atom is -0.480 e. The van der Waals surface area contributed by atoms with Gasteiger partial charge in [0, 0.05) is 12.8 Å². The highest BCUT2D eigenvalue weighted by Crippen LogP contribution is 2.32. The molecule has 0 spiro atoms. The van der Waals surface area contributed by atoms with Crippen molar-refractivity contribution in [1.82, 2.24) is 10.6 Å². The Kier molecular flexibility index (Phi) is 6.51. The van der Waals surface area contributed by atoms with Gasteiger partial charge in [0.15, 0.2) is 0 Å². The van der Waals surface area contributed by atoms with Crippen molar-refractivity contribution in [1.29, 1.82) is 0 Å². The molecule has 2 rings (SSSR count). The second-order valence-electron chi connectivity index (χ2n) is 6.78. The summed E-state index contributed by atoms with van der Waals surface area (Å²) in [5.74, 6) is -3.05. The first kappa shape index (κ1) is 20.4. The SMILES string of the molecule is NC(=O)CC[C@H](NC(=O)[C@H](Cc1ccccc1)NC(=O)C1(N)CC1)C(=O)O. The molecular formula is C18H24N4O5. The molecular weight excluding hydrogens is 352 g/mol. The van der Waals surface area contributed by atoms with Crippen LogP contribution in [0.15, 0.2) is 30.3 Å². The molecule has 9 heteroatoms. The molecule has 0 aromatic heterocycles. The molecule has 9 nitrogen and oxygen atoms in total. The van der Waals surface area contributed by atoms with Crippen LogP contribution in [0, 0.1) is 0 Å². The lowest BCUT2D eigenvalue weighted by Crippen LogP contribution is -2.56. The van der Waals surface area contributed by atoms with Crippen LogP contribution in [-0.4, -0.2) is 46.4 Å². The first-order valence-electron chi connectivity index (χ1n) is 8.66. The maximum absolute atomic E-state index is 12.6. The number of amides is 3. The van der Waals surface area contributed by atoms with Crippen LogP contribution in [0.3, 0.4) is 0 Å². The van der Waals surface area contributed by atoms with Gasteiger partial charge in [0.1, 0.15) is 12.1 Å². The highest BCUT2D eigenvalue weighted by atomic mass is 16.4. The Bertz CT molecular complexity index is 718. The van der Waals surface area contributed by atoms with Gasteiger partial charge in [0.25, 0.3) is 0 Å². The fourth-order valence-corrected chi connectivity index (χ4v) is 2.54. The molecule has 1 aliphatic carbocycles. The molecule has 3 amide bonds. The molecule has 1 aliphatic rings. The van der Waals surface area contributed by atoms with Crippen molar-refractivity contribution in [3.8, 4) is 0 Å². The average Bonchev–Trinajstić information content (AvgIpc) is 3.37. The summed E-state index contributed by atoms with van der Waals surface area (Å²) in [5, 5.41) is 14.2. The highest BCUT2D eigenvalue weighted by molar-refractivity contribution is 5.95. The minimum absolute atomic E-state index is 0.136. The molecule has 146 valence electrons. The van der Waals surface area contributed by atoms with Crippen LogP contribution in [0.2, 0.25) is 0 Å². The van der Waals surface area contributed by atoms with Gasteiger partial charge >= 0.3 is 5.97 Å². The van der Waals surface area contributed by atoms with E-state index >= 15 is 0 Å². The van der Waals surface area contributed by atoms with Gasteiger partial charge in [-0.15, -0.1) is 0 Å². The fraction of sp³-hybridized carbons (Fsp3) is 0.444. The zero-order valence-electron chi connectivity index (χ0n) is 14.8. The molecule has 0 radical (unpaired) electrons. The van der Waals surface area contributed by atoms with Crippen LogP contribution in [0.25, 0.3) is 0 Å². The largest absolute Gasteiger partial charge is 0.480 e. The van der Waals surface area contributed by atoms with Gasteiger partial charge in [-0.2, -0.15) is 0 Å². The van der Waals surface area contributed by atoms with Gasteiger partial charge < -0.3 is 27.2 Å². The van der Waals surface area contributed by atoms with Gasteiger partial charge in [-0.05, 0) is 24.8 Å². The Balaban J connectivity index is 2.09. The molecule has 27 heavy (non-hydrogen) atoms. The molecule has 1 aromatic carbocycles. The second kappa shape index (κ2) is 8.63. The summed E-state index contributed by atoms with van der Waals surface area (Å²) in [6.07, 6.45) is 0.933. The Hall–Kier alpha value is -2.94. The van der Waals surface area contributed by atoms with E-state index in [1.54, 1.807) is 24.3 Å². The minimum atomic E-state index is -1.29. The zero-order chi connectivity index (χ0) is 20.0. The van der Waals surface area contributed by atoms with Crippen LogP contribution in [0.1, 0.15) is 31.2 Å². The quantitative estimate of drug-likeness (QED) is 0.353. The van der Waals surface area contributed by atoms with Gasteiger partial charge in [-0.25, -0.2) is 4.79 Å². The van der Waals surface area contributed by atoms with Crippen LogP contribution < -0.4 is 22.1 Å². The van der Waals surface area contributed by atoms with Crippen molar-refractivity contribution in [2.24, 2.45) is 11.5 Å². The summed E-state index contributed by atoms with van der Waals surface area (Å²) in [6.45, 7) is 0. The normalized spacial score (nSPS) is 16.6. The van der Waals surface area contributed by atoms with Crippen molar-refractivity contribution < 1.29 is 24.3 Å². The number of nitrogens with one attached hydrogen (secondary N) is 2. The Labute approximate surface area is 156 Å². The zero-order valence-corrected chi connectivity index (χ0v) is 14.8. The predicted molar refractivity (Wildman–Crippen MR) is 96.2 cm³/mol. The number of carboxylic acids is 1. The Morgan fingerprint density at radius 2 is 1.70 bits per heavy atom. The van der Waals surface area contributed by atoms with Crippen LogP contribution in [0.5, 0.6) is 0 Å². The molecule has 0 unspecified atom stereocenters. The summed E-state index contributed by atoms with van der Waals surface area (Å²) in [5.41, 5.74) is 10.7. The number of hydrogen-bond donors (Lipinski definition) is 5. The summed E-state index contributed by atoms with van der Waals surface area (Å²) in [7, 11) is 0. The molecule has 0 bridgehead atoms. The van der Waals surface area contributed by atoms with Crippen LogP contribution in [-0.2, 0) is 25.6 Å². The maximum Gasteiger partial charge on any atom is 0.326 e. The number of benzene rings is 1. The summed E-state index contributed by atoms with van der Waals surface area (Å²) >= 11 is 0. The van der Waals surface area contributed by atoms with E-state index in [2.05, 4.69) is 10.6 Å². The number of aliphatic carboxylic acids is 1. The second-order valence-corrected chi connectivity index (χ2v) is 6.78. The van der Waals surface area contributed by atoms with E-state index in [0.717, 1.165) is 5.56 Å². The summed E-state index contributed by atoms with van der Waals surface area (Å²) in [4.78, 5) is 47.2. The number of carbonyl (C=O) groups excluding carboxylic acids is 3. The van der Waals surface area contributed by atoms with Gasteiger partial charge in [0.05, 0.1) is 5.54 Å². The van der Waals surface area contributed by atoms with Crippen molar-refractivity contribution in [2.75, 3.05) is 0 Å². The first-order chi connectivity index (χ1) is 12.7. The number of nitrogens with two attached hydrogens (primary N) is 2. The van der Waals surface area contributed by atoms with E-state index in [1.165, 1.54) is 0 Å².